The maximum absolute atomic E-state index is 5.76. The predicted octanol–water partition coefficient (Wildman–Crippen LogP) is 3.62. The van der Waals surface area contributed by atoms with Crippen molar-refractivity contribution in [3.63, 3.8) is 0 Å². The van der Waals surface area contributed by atoms with Gasteiger partial charge in [0.1, 0.15) is 12.4 Å². The summed E-state index contributed by atoms with van der Waals surface area (Å²) in [4.78, 5) is 0. The van der Waals surface area contributed by atoms with Crippen molar-refractivity contribution in [2.24, 2.45) is 0 Å². The summed E-state index contributed by atoms with van der Waals surface area (Å²) in [6, 6.07) is 4.50. The Kier molecular flexibility index (Phi) is 2.28. The van der Waals surface area contributed by atoms with E-state index in [9.17, 15) is 0 Å². The molecule has 0 amide bonds. The summed E-state index contributed by atoms with van der Waals surface area (Å²) in [7, 11) is 0. The number of fused-ring (bicyclic) bond motifs is 2. The predicted molar refractivity (Wildman–Crippen MR) is 75.6 cm³/mol. The lowest BCUT2D eigenvalue weighted by Gasteiger charge is -2.38. The summed E-state index contributed by atoms with van der Waals surface area (Å²) >= 11 is 0. The third-order valence-electron chi connectivity index (χ3n) is 4.10. The van der Waals surface area contributed by atoms with E-state index in [1.165, 1.54) is 11.1 Å². The van der Waals surface area contributed by atoms with Crippen LogP contribution < -0.4 is 10.1 Å². The zero-order valence-electron chi connectivity index (χ0n) is 11.6. The molecule has 96 valence electrons. The van der Waals surface area contributed by atoms with Crippen LogP contribution in [0.2, 0.25) is 0 Å². The highest BCUT2D eigenvalue weighted by Crippen LogP contribution is 2.45. The van der Waals surface area contributed by atoms with E-state index in [0.717, 1.165) is 24.6 Å². The molecule has 0 bridgehead atoms. The Balaban J connectivity index is 2.23. The Morgan fingerprint density at radius 2 is 1.61 bits per heavy atom. The summed E-state index contributed by atoms with van der Waals surface area (Å²) in [5.41, 5.74) is 4.11. The van der Waals surface area contributed by atoms with Crippen LogP contribution in [0.5, 0.6) is 5.75 Å². The number of ether oxygens (including phenoxy) is 1. The molecule has 2 aliphatic rings. The zero-order valence-corrected chi connectivity index (χ0v) is 11.6. The average Bonchev–Trinajstić information content (AvgIpc) is 2.34. The van der Waals surface area contributed by atoms with Gasteiger partial charge in [0.2, 0.25) is 0 Å². The topological polar surface area (TPSA) is 21.3 Å². The fourth-order valence-corrected chi connectivity index (χ4v) is 2.85. The van der Waals surface area contributed by atoms with E-state index in [1.54, 1.807) is 0 Å². The molecule has 18 heavy (non-hydrogen) atoms. The molecule has 2 heteroatoms. The molecule has 0 spiro atoms. The van der Waals surface area contributed by atoms with Crippen molar-refractivity contribution in [3.8, 4) is 5.75 Å². The lowest BCUT2D eigenvalue weighted by Crippen LogP contribution is -2.30. The Morgan fingerprint density at radius 1 is 1.00 bits per heavy atom. The molecule has 1 heterocycles. The summed E-state index contributed by atoms with van der Waals surface area (Å²) in [5.74, 6) is 0.999. The molecular formula is C16H21NO. The second-order valence-corrected chi connectivity index (χ2v) is 6.45. The first-order chi connectivity index (χ1) is 8.40. The molecule has 1 aromatic rings. The number of anilines is 1. The van der Waals surface area contributed by atoms with Gasteiger partial charge in [0, 0.05) is 17.4 Å². The molecule has 0 unspecified atom stereocenters. The van der Waals surface area contributed by atoms with Gasteiger partial charge in [0.15, 0.2) is 0 Å². The van der Waals surface area contributed by atoms with Crippen LogP contribution in [0.3, 0.4) is 0 Å². The van der Waals surface area contributed by atoms with Crippen LogP contribution in [0.25, 0.3) is 0 Å². The van der Waals surface area contributed by atoms with Gasteiger partial charge in [-0.25, -0.2) is 0 Å². The Labute approximate surface area is 109 Å². The first kappa shape index (κ1) is 11.6. The number of hydrogen-bond acceptors (Lipinski definition) is 2. The summed E-state index contributed by atoms with van der Waals surface area (Å²) in [6.45, 7) is 10.7. The standard InChI is InChI=1S/C16H21NO/c1-15(2)5-6-16(3,4)12-10-14-13(9-11(12)15)17-7-8-18-14/h5-6,9-10,17H,7-8H2,1-4H3. The number of hydrogen-bond donors (Lipinski definition) is 1. The Bertz CT molecular complexity index is 479. The van der Waals surface area contributed by atoms with Crippen LogP contribution in [-0.4, -0.2) is 13.2 Å². The van der Waals surface area contributed by atoms with E-state index in [1.807, 2.05) is 0 Å². The van der Waals surface area contributed by atoms with Crippen LogP contribution in [0, 0.1) is 0 Å². The molecule has 0 saturated heterocycles. The highest BCUT2D eigenvalue weighted by atomic mass is 16.5. The van der Waals surface area contributed by atoms with Gasteiger partial charge in [-0.15, -0.1) is 0 Å². The molecule has 1 aromatic carbocycles. The first-order valence-corrected chi connectivity index (χ1v) is 6.66. The molecule has 1 aliphatic heterocycles. The van der Waals surface area contributed by atoms with Gasteiger partial charge in [-0.2, -0.15) is 0 Å². The third kappa shape index (κ3) is 1.63. The lowest BCUT2D eigenvalue weighted by atomic mass is 9.68. The van der Waals surface area contributed by atoms with Crippen molar-refractivity contribution < 1.29 is 4.74 Å². The maximum atomic E-state index is 5.76. The molecule has 1 aliphatic carbocycles. The number of rotatable bonds is 0. The van der Waals surface area contributed by atoms with E-state index >= 15 is 0 Å². The number of allylic oxidation sites excluding steroid dienone is 2. The van der Waals surface area contributed by atoms with Crippen molar-refractivity contribution in [1.82, 2.24) is 0 Å². The second-order valence-electron chi connectivity index (χ2n) is 6.45. The van der Waals surface area contributed by atoms with E-state index in [-0.39, 0.29) is 10.8 Å². The average molecular weight is 243 g/mol. The molecule has 1 N–H and O–H groups in total. The van der Waals surface area contributed by atoms with Crippen LogP contribution in [-0.2, 0) is 10.8 Å². The Morgan fingerprint density at radius 3 is 2.28 bits per heavy atom. The van der Waals surface area contributed by atoms with Gasteiger partial charge >= 0.3 is 0 Å². The van der Waals surface area contributed by atoms with Crippen molar-refractivity contribution in [3.05, 3.63) is 35.4 Å². The smallest absolute Gasteiger partial charge is 0.142 e. The van der Waals surface area contributed by atoms with E-state index in [4.69, 9.17) is 4.74 Å². The second kappa shape index (κ2) is 3.53. The Hall–Kier alpha value is -1.44. The molecule has 3 rings (SSSR count). The SMILES string of the molecule is CC1(C)C=CC(C)(C)c2cc3c(cc21)NCCO3. The minimum absolute atomic E-state index is 0.0840. The van der Waals surface area contributed by atoms with E-state index in [2.05, 4.69) is 57.3 Å². The summed E-state index contributed by atoms with van der Waals surface area (Å²) in [6.07, 6.45) is 4.64. The maximum Gasteiger partial charge on any atom is 0.142 e. The van der Waals surface area contributed by atoms with Crippen LogP contribution in [0.4, 0.5) is 5.69 Å². The van der Waals surface area contributed by atoms with Crippen molar-refractivity contribution in [2.45, 2.75) is 38.5 Å². The van der Waals surface area contributed by atoms with Crippen LogP contribution >= 0.6 is 0 Å². The van der Waals surface area contributed by atoms with Crippen LogP contribution in [0.1, 0.15) is 38.8 Å². The summed E-state index contributed by atoms with van der Waals surface area (Å²) < 4.78 is 5.76. The highest BCUT2D eigenvalue weighted by molar-refractivity contribution is 5.65. The fraction of sp³-hybridized carbons (Fsp3) is 0.500. The molecular weight excluding hydrogens is 222 g/mol. The highest BCUT2D eigenvalue weighted by Gasteiger charge is 2.34. The quantitative estimate of drug-likeness (QED) is 0.703. The summed E-state index contributed by atoms with van der Waals surface area (Å²) in [5, 5.41) is 3.43. The van der Waals surface area contributed by atoms with Crippen LogP contribution in [0.15, 0.2) is 24.3 Å². The largest absolute Gasteiger partial charge is 0.490 e. The zero-order chi connectivity index (χ0) is 13.0. The van der Waals surface area contributed by atoms with Gasteiger partial charge in [0.25, 0.3) is 0 Å². The molecule has 0 saturated carbocycles. The van der Waals surface area contributed by atoms with Crippen molar-refractivity contribution in [2.75, 3.05) is 18.5 Å². The molecule has 0 radical (unpaired) electrons. The monoisotopic (exact) mass is 243 g/mol. The van der Waals surface area contributed by atoms with Crippen molar-refractivity contribution >= 4 is 5.69 Å². The number of benzene rings is 1. The molecule has 0 atom stereocenters. The molecule has 0 fully saturated rings. The van der Waals surface area contributed by atoms with E-state index < -0.39 is 0 Å². The van der Waals surface area contributed by atoms with Gasteiger partial charge < -0.3 is 10.1 Å². The van der Waals surface area contributed by atoms with Gasteiger partial charge in [-0.05, 0) is 23.3 Å². The molecule has 2 nitrogen and oxygen atoms in total. The van der Waals surface area contributed by atoms with Gasteiger partial charge in [-0.3, -0.25) is 0 Å². The lowest BCUT2D eigenvalue weighted by molar-refractivity contribution is 0.322. The van der Waals surface area contributed by atoms with Crippen molar-refractivity contribution in [1.29, 1.82) is 0 Å². The minimum atomic E-state index is 0.0840. The fourth-order valence-electron chi connectivity index (χ4n) is 2.85. The van der Waals surface area contributed by atoms with Gasteiger partial charge in [-0.1, -0.05) is 39.8 Å². The minimum Gasteiger partial charge on any atom is -0.490 e. The van der Waals surface area contributed by atoms with E-state index in [0.29, 0.717) is 0 Å². The number of nitrogens with one attached hydrogen (secondary N) is 1. The molecule has 0 aromatic heterocycles. The van der Waals surface area contributed by atoms with Gasteiger partial charge in [0.05, 0.1) is 5.69 Å². The normalized spacial score (nSPS) is 22.4. The first-order valence-electron chi connectivity index (χ1n) is 6.66. The third-order valence-corrected chi connectivity index (χ3v) is 4.10.